The zero-order valence-electron chi connectivity index (χ0n) is 15.5. The molecule has 0 spiro atoms. The number of nitrogens with one attached hydrogen (secondary N) is 2. The number of aromatic nitrogens is 2. The molecule has 0 bridgehead atoms. The van der Waals surface area contributed by atoms with E-state index >= 15 is 0 Å². The summed E-state index contributed by atoms with van der Waals surface area (Å²) in [6, 6.07) is 18.0. The SMILES string of the molecule is O=C(NCc1nc(-c2cccs2)no1)c1cccc(S(=O)(=O)Nc2ccccc2)c1. The van der Waals surface area contributed by atoms with E-state index in [9.17, 15) is 13.2 Å². The number of anilines is 1. The van der Waals surface area contributed by atoms with Gasteiger partial charge in [0.25, 0.3) is 15.9 Å². The predicted octanol–water partition coefficient (Wildman–Crippen LogP) is 3.53. The Morgan fingerprint density at radius 1 is 1.03 bits per heavy atom. The van der Waals surface area contributed by atoms with E-state index in [0.29, 0.717) is 11.5 Å². The van der Waals surface area contributed by atoms with E-state index in [4.69, 9.17) is 4.52 Å². The first-order valence-corrected chi connectivity index (χ1v) is 11.2. The van der Waals surface area contributed by atoms with Crippen LogP contribution >= 0.6 is 11.3 Å². The van der Waals surface area contributed by atoms with Crippen LogP contribution in [0.1, 0.15) is 16.2 Å². The molecule has 0 aliphatic carbocycles. The third-order valence-electron chi connectivity index (χ3n) is 4.04. The zero-order valence-corrected chi connectivity index (χ0v) is 17.1. The van der Waals surface area contributed by atoms with Crippen molar-refractivity contribution in [1.29, 1.82) is 0 Å². The molecule has 0 aliphatic rings. The van der Waals surface area contributed by atoms with Crippen molar-refractivity contribution in [3.63, 3.8) is 0 Å². The molecule has 0 saturated carbocycles. The topological polar surface area (TPSA) is 114 Å². The lowest BCUT2D eigenvalue weighted by Gasteiger charge is -2.09. The number of rotatable bonds is 7. The Labute approximate surface area is 176 Å². The highest BCUT2D eigenvalue weighted by atomic mass is 32.2. The molecule has 0 radical (unpaired) electrons. The number of carbonyl (C=O) groups excluding carboxylic acids is 1. The minimum absolute atomic E-state index is 0.0169. The summed E-state index contributed by atoms with van der Waals surface area (Å²) in [7, 11) is -3.83. The molecule has 0 aliphatic heterocycles. The number of hydrogen-bond acceptors (Lipinski definition) is 7. The monoisotopic (exact) mass is 440 g/mol. The molecule has 4 aromatic rings. The molecule has 0 fully saturated rings. The number of amides is 1. The number of hydrogen-bond donors (Lipinski definition) is 2. The molecule has 30 heavy (non-hydrogen) atoms. The molecule has 0 saturated heterocycles. The van der Waals surface area contributed by atoms with E-state index in [2.05, 4.69) is 20.2 Å². The van der Waals surface area contributed by atoms with Gasteiger partial charge in [0.1, 0.15) is 0 Å². The standard InChI is InChI=1S/C20H16N4O4S2/c25-20(21-13-18-22-19(23-28-18)17-10-5-11-29-17)14-6-4-9-16(12-14)30(26,27)24-15-7-2-1-3-8-15/h1-12,24H,13H2,(H,21,25). The molecular formula is C20H16N4O4S2. The normalized spacial score (nSPS) is 11.2. The Morgan fingerprint density at radius 3 is 2.63 bits per heavy atom. The van der Waals surface area contributed by atoms with Crippen molar-refractivity contribution in [2.75, 3.05) is 4.72 Å². The molecule has 0 unspecified atom stereocenters. The van der Waals surface area contributed by atoms with E-state index in [1.54, 1.807) is 30.3 Å². The van der Waals surface area contributed by atoms with Gasteiger partial charge in [0.2, 0.25) is 11.7 Å². The quantitative estimate of drug-likeness (QED) is 0.454. The van der Waals surface area contributed by atoms with Gasteiger partial charge in [-0.2, -0.15) is 4.98 Å². The maximum Gasteiger partial charge on any atom is 0.261 e. The largest absolute Gasteiger partial charge is 0.343 e. The van der Waals surface area contributed by atoms with Crippen LogP contribution in [0.25, 0.3) is 10.7 Å². The highest BCUT2D eigenvalue weighted by Crippen LogP contribution is 2.21. The van der Waals surface area contributed by atoms with Gasteiger partial charge in [-0.3, -0.25) is 9.52 Å². The molecule has 4 rings (SSSR count). The number of para-hydroxylation sites is 1. The van der Waals surface area contributed by atoms with Crippen molar-refractivity contribution in [3.05, 3.63) is 83.6 Å². The summed E-state index contributed by atoms with van der Waals surface area (Å²) < 4.78 is 32.8. The third kappa shape index (κ3) is 4.56. The average Bonchev–Trinajstić information content (AvgIpc) is 3.44. The van der Waals surface area contributed by atoms with Gasteiger partial charge in [-0.15, -0.1) is 11.3 Å². The van der Waals surface area contributed by atoms with E-state index in [1.165, 1.54) is 35.6 Å². The van der Waals surface area contributed by atoms with Gasteiger partial charge in [-0.1, -0.05) is 35.5 Å². The van der Waals surface area contributed by atoms with Crippen molar-refractivity contribution in [2.45, 2.75) is 11.4 Å². The summed E-state index contributed by atoms with van der Waals surface area (Å²) in [5.74, 6) is 0.248. The lowest BCUT2D eigenvalue weighted by molar-refractivity contribution is 0.0946. The van der Waals surface area contributed by atoms with Crippen LogP contribution in [0, 0.1) is 0 Å². The number of carbonyl (C=O) groups is 1. The first-order chi connectivity index (χ1) is 14.5. The van der Waals surface area contributed by atoms with Crippen LogP contribution in [-0.2, 0) is 16.6 Å². The van der Waals surface area contributed by atoms with Gasteiger partial charge in [-0.25, -0.2) is 8.42 Å². The van der Waals surface area contributed by atoms with E-state index in [-0.39, 0.29) is 22.9 Å². The Kier molecular flexibility index (Phi) is 5.59. The van der Waals surface area contributed by atoms with Crippen LogP contribution in [0.3, 0.4) is 0 Å². The molecule has 10 heteroatoms. The van der Waals surface area contributed by atoms with E-state index in [1.807, 2.05) is 17.5 Å². The highest BCUT2D eigenvalue weighted by Gasteiger charge is 2.17. The number of sulfonamides is 1. The molecule has 8 nitrogen and oxygen atoms in total. The van der Waals surface area contributed by atoms with Crippen LogP contribution in [0.2, 0.25) is 0 Å². The minimum Gasteiger partial charge on any atom is -0.343 e. The van der Waals surface area contributed by atoms with Crippen LogP contribution in [0.5, 0.6) is 0 Å². The molecular weight excluding hydrogens is 424 g/mol. The van der Waals surface area contributed by atoms with Gasteiger partial charge in [-0.05, 0) is 41.8 Å². The predicted molar refractivity (Wildman–Crippen MR) is 112 cm³/mol. The Morgan fingerprint density at radius 2 is 1.87 bits per heavy atom. The van der Waals surface area contributed by atoms with Crippen LogP contribution in [0.4, 0.5) is 5.69 Å². The van der Waals surface area contributed by atoms with Gasteiger partial charge < -0.3 is 9.84 Å². The van der Waals surface area contributed by atoms with Gasteiger partial charge >= 0.3 is 0 Å². The van der Waals surface area contributed by atoms with Crippen LogP contribution in [0.15, 0.2) is 81.5 Å². The zero-order chi connectivity index (χ0) is 21.0. The van der Waals surface area contributed by atoms with Gasteiger partial charge in [0, 0.05) is 11.3 Å². The molecule has 0 atom stereocenters. The van der Waals surface area contributed by atoms with Crippen LogP contribution in [-0.4, -0.2) is 24.5 Å². The first-order valence-electron chi connectivity index (χ1n) is 8.84. The van der Waals surface area contributed by atoms with Gasteiger partial charge in [0.15, 0.2) is 0 Å². The van der Waals surface area contributed by atoms with Crippen molar-refractivity contribution in [2.24, 2.45) is 0 Å². The summed E-state index contributed by atoms with van der Waals surface area (Å²) in [5.41, 5.74) is 0.634. The fourth-order valence-corrected chi connectivity index (χ4v) is 4.37. The highest BCUT2D eigenvalue weighted by molar-refractivity contribution is 7.92. The lowest BCUT2D eigenvalue weighted by Crippen LogP contribution is -2.23. The molecule has 1 amide bonds. The number of thiophene rings is 1. The maximum absolute atomic E-state index is 12.6. The number of nitrogens with zero attached hydrogens (tertiary/aromatic N) is 2. The molecule has 2 aromatic carbocycles. The second-order valence-corrected chi connectivity index (χ2v) is 8.80. The molecule has 152 valence electrons. The summed E-state index contributed by atoms with van der Waals surface area (Å²) >= 11 is 1.48. The Balaban J connectivity index is 1.44. The fourth-order valence-electron chi connectivity index (χ4n) is 2.62. The van der Waals surface area contributed by atoms with E-state index in [0.717, 1.165) is 4.88 Å². The Hall–Kier alpha value is -3.50. The van der Waals surface area contributed by atoms with Gasteiger partial charge in [0.05, 0.1) is 16.3 Å². The second kappa shape index (κ2) is 8.47. The summed E-state index contributed by atoms with van der Waals surface area (Å²) in [5, 5.41) is 8.44. The summed E-state index contributed by atoms with van der Waals surface area (Å²) in [4.78, 5) is 17.6. The van der Waals surface area contributed by atoms with Crippen molar-refractivity contribution >= 4 is 33.0 Å². The second-order valence-electron chi connectivity index (χ2n) is 6.17. The molecule has 2 aromatic heterocycles. The first kappa shape index (κ1) is 19.8. The molecule has 2 heterocycles. The van der Waals surface area contributed by atoms with E-state index < -0.39 is 15.9 Å². The maximum atomic E-state index is 12.6. The summed E-state index contributed by atoms with van der Waals surface area (Å²) in [6.07, 6.45) is 0. The average molecular weight is 441 g/mol. The lowest BCUT2D eigenvalue weighted by atomic mass is 10.2. The van der Waals surface area contributed by atoms with Crippen molar-refractivity contribution in [1.82, 2.24) is 15.5 Å². The smallest absolute Gasteiger partial charge is 0.261 e. The Bertz CT molecular complexity index is 1250. The van der Waals surface area contributed by atoms with Crippen LogP contribution < -0.4 is 10.0 Å². The fraction of sp³-hybridized carbons (Fsp3) is 0.0500. The van der Waals surface area contributed by atoms with Crippen molar-refractivity contribution in [3.8, 4) is 10.7 Å². The van der Waals surface area contributed by atoms with Crippen molar-refractivity contribution < 1.29 is 17.7 Å². The molecule has 2 N–H and O–H groups in total. The summed E-state index contributed by atoms with van der Waals surface area (Å²) in [6.45, 7) is 0.0243. The number of benzene rings is 2. The third-order valence-corrected chi connectivity index (χ3v) is 6.29. The minimum atomic E-state index is -3.83.